The fraction of sp³-hybridized carbons (Fsp3) is 0.452. The zero-order valence-corrected chi connectivity index (χ0v) is 23.7. The Labute approximate surface area is 242 Å². The van der Waals surface area contributed by atoms with Crippen LogP contribution in [-0.2, 0) is 6.54 Å². The first-order valence-electron chi connectivity index (χ1n) is 14.2. The van der Waals surface area contributed by atoms with Gasteiger partial charge in [0.25, 0.3) is 5.56 Å². The second kappa shape index (κ2) is 11.2. The molecule has 0 unspecified atom stereocenters. The maximum Gasteiger partial charge on any atom is 0.320 e. The molecule has 3 aromatic rings. The molecule has 2 saturated heterocycles. The summed E-state index contributed by atoms with van der Waals surface area (Å²) in [6, 6.07) is 13.6. The number of carbonyl (C=O) groups is 1. The maximum atomic E-state index is 14.7. The number of aromatic nitrogens is 2. The van der Waals surface area contributed by atoms with Crippen LogP contribution in [0, 0.1) is 17.0 Å². The minimum atomic E-state index is -1.19. The van der Waals surface area contributed by atoms with Crippen molar-refractivity contribution in [3.63, 3.8) is 0 Å². The second-order valence-electron chi connectivity index (χ2n) is 11.5. The zero-order valence-electron chi connectivity index (χ0n) is 22.8. The Hall–Kier alpha value is -3.24. The summed E-state index contributed by atoms with van der Waals surface area (Å²) in [5.41, 5.74) is -0.361. The van der Waals surface area contributed by atoms with Crippen LogP contribution < -0.4 is 5.56 Å². The number of amides is 2. The van der Waals surface area contributed by atoms with Crippen LogP contribution in [0.3, 0.4) is 0 Å². The molecule has 216 valence electrons. The Morgan fingerprint density at radius 2 is 1.83 bits per heavy atom. The highest BCUT2D eigenvalue weighted by Crippen LogP contribution is 2.52. The molecule has 3 aliphatic rings. The van der Waals surface area contributed by atoms with E-state index < -0.39 is 28.7 Å². The summed E-state index contributed by atoms with van der Waals surface area (Å²) in [7, 11) is 0. The molecule has 1 N–H and O–H groups in total. The fourth-order valence-electron chi connectivity index (χ4n) is 6.90. The van der Waals surface area contributed by atoms with Gasteiger partial charge in [0.1, 0.15) is 11.6 Å². The Balaban J connectivity index is 1.23. The summed E-state index contributed by atoms with van der Waals surface area (Å²) in [5, 5.41) is 12.2. The summed E-state index contributed by atoms with van der Waals surface area (Å²) in [5.74, 6) is 0.161. The number of likely N-dealkylation sites (tertiary alicyclic amines) is 1. The molecule has 2 atom stereocenters. The van der Waals surface area contributed by atoms with Crippen LogP contribution in [0.4, 0.5) is 13.6 Å². The number of carbonyl (C=O) groups excluding carboxylic acids is 1. The van der Waals surface area contributed by atoms with E-state index >= 15 is 0 Å². The molecule has 1 saturated carbocycles. The summed E-state index contributed by atoms with van der Waals surface area (Å²) in [4.78, 5) is 35.0. The molecule has 6 rings (SSSR count). The number of rotatable bonds is 4. The van der Waals surface area contributed by atoms with E-state index in [9.17, 15) is 23.5 Å². The second-order valence-corrected chi connectivity index (χ2v) is 12.7. The predicted octanol–water partition coefficient (Wildman–Crippen LogP) is 5.10. The van der Waals surface area contributed by atoms with Gasteiger partial charge in [-0.15, -0.1) is 0 Å². The van der Waals surface area contributed by atoms with Crippen molar-refractivity contribution < 1.29 is 18.7 Å². The van der Waals surface area contributed by atoms with Crippen LogP contribution in [0.2, 0.25) is 0 Å². The number of nitrogens with zero attached hydrogens (tertiary/aromatic N) is 4. The molecular formula is C31H34F2N4O3S. The van der Waals surface area contributed by atoms with Crippen molar-refractivity contribution in [2.45, 2.75) is 50.3 Å². The molecule has 1 aromatic heterocycles. The third-order valence-electron chi connectivity index (χ3n) is 9.18. The van der Waals surface area contributed by atoms with Gasteiger partial charge in [0.15, 0.2) is 0 Å². The number of hydrogen-bond donors (Lipinski definition) is 1. The van der Waals surface area contributed by atoms with Crippen molar-refractivity contribution in [2.24, 2.45) is 5.41 Å². The quantitative estimate of drug-likeness (QED) is 0.465. The van der Waals surface area contributed by atoms with Gasteiger partial charge in [-0.25, -0.2) is 18.6 Å². The van der Waals surface area contributed by atoms with E-state index in [0.717, 1.165) is 49.1 Å². The summed E-state index contributed by atoms with van der Waals surface area (Å²) in [6.07, 6.45) is 5.17. The van der Waals surface area contributed by atoms with Gasteiger partial charge in [0.05, 0.1) is 30.2 Å². The number of benzene rings is 2. The van der Waals surface area contributed by atoms with Crippen molar-refractivity contribution in [2.75, 3.05) is 31.1 Å². The standard InChI is InChI=1S/C31H34F2N4O3S/c32-23-8-9-25(33)24(16-23)27-18-41-15-14-37(27)29(39)35-13-12-31(40,30(19-35)10-4-5-11-30)20-36-21-34-26(17-28(36)38)22-6-2-1-3-7-22/h1-3,6-9,16-17,21,27,40H,4-5,10-15,18-20H2/t27-,31+/m0/s1. The molecule has 0 bridgehead atoms. The maximum absolute atomic E-state index is 14.7. The lowest BCUT2D eigenvalue weighted by Crippen LogP contribution is -2.63. The van der Waals surface area contributed by atoms with E-state index in [-0.39, 0.29) is 23.7 Å². The molecule has 3 heterocycles. The highest BCUT2D eigenvalue weighted by atomic mass is 32.2. The average Bonchev–Trinajstić information content (AvgIpc) is 3.47. The topological polar surface area (TPSA) is 78.7 Å². The van der Waals surface area contributed by atoms with Crippen molar-refractivity contribution in [3.8, 4) is 11.3 Å². The number of thioether (sulfide) groups is 1. The number of urea groups is 1. The number of halogens is 2. The lowest BCUT2D eigenvalue weighted by atomic mass is 9.66. The van der Waals surface area contributed by atoms with Gasteiger partial charge in [-0.3, -0.25) is 9.36 Å². The first kappa shape index (κ1) is 27.9. The summed E-state index contributed by atoms with van der Waals surface area (Å²) in [6.45, 7) is 1.21. The first-order chi connectivity index (χ1) is 19.8. The van der Waals surface area contributed by atoms with Crippen LogP contribution in [0.15, 0.2) is 65.7 Å². The van der Waals surface area contributed by atoms with Crippen LogP contribution in [-0.4, -0.2) is 67.2 Å². The minimum absolute atomic E-state index is 0.105. The zero-order chi connectivity index (χ0) is 28.6. The van der Waals surface area contributed by atoms with Crippen LogP contribution >= 0.6 is 11.8 Å². The highest BCUT2D eigenvalue weighted by Gasteiger charge is 2.56. The summed E-state index contributed by atoms with van der Waals surface area (Å²) < 4.78 is 30.3. The van der Waals surface area contributed by atoms with Gasteiger partial charge < -0.3 is 14.9 Å². The van der Waals surface area contributed by atoms with E-state index in [4.69, 9.17) is 0 Å². The van der Waals surface area contributed by atoms with Gasteiger partial charge in [-0.2, -0.15) is 11.8 Å². The average molecular weight is 581 g/mol. The van der Waals surface area contributed by atoms with E-state index in [1.54, 1.807) is 21.6 Å². The van der Waals surface area contributed by atoms with Crippen LogP contribution in [0.1, 0.15) is 43.7 Å². The minimum Gasteiger partial charge on any atom is -0.387 e. The Morgan fingerprint density at radius 1 is 1.05 bits per heavy atom. The highest BCUT2D eigenvalue weighted by molar-refractivity contribution is 7.99. The normalized spacial score (nSPS) is 24.1. The largest absolute Gasteiger partial charge is 0.387 e. The molecule has 2 aliphatic heterocycles. The first-order valence-corrected chi connectivity index (χ1v) is 15.4. The fourth-order valence-corrected chi connectivity index (χ4v) is 7.97. The van der Waals surface area contributed by atoms with Gasteiger partial charge >= 0.3 is 6.03 Å². The molecule has 1 spiro atoms. The molecule has 2 amide bonds. The molecule has 3 fully saturated rings. The van der Waals surface area contributed by atoms with E-state index in [0.29, 0.717) is 37.5 Å². The van der Waals surface area contributed by atoms with Crippen molar-refractivity contribution in [1.82, 2.24) is 19.4 Å². The predicted molar refractivity (Wildman–Crippen MR) is 154 cm³/mol. The molecule has 41 heavy (non-hydrogen) atoms. The Morgan fingerprint density at radius 3 is 2.59 bits per heavy atom. The Kier molecular flexibility index (Phi) is 7.63. The number of aliphatic hydroxyl groups is 1. The van der Waals surface area contributed by atoms with Crippen molar-refractivity contribution >= 4 is 17.8 Å². The molecule has 7 nitrogen and oxygen atoms in total. The smallest absolute Gasteiger partial charge is 0.320 e. The SMILES string of the molecule is O=C(N1CC[C@@](O)(Cn2cnc(-c3ccccc3)cc2=O)C2(CCCC2)C1)N1CCSC[C@H]1c1cc(F)ccc1F. The summed E-state index contributed by atoms with van der Waals surface area (Å²) >= 11 is 1.62. The van der Waals surface area contributed by atoms with Crippen molar-refractivity contribution in [1.29, 1.82) is 0 Å². The molecule has 1 aliphatic carbocycles. The number of piperidine rings is 1. The Bertz CT molecular complexity index is 1480. The van der Waals surface area contributed by atoms with E-state index in [2.05, 4.69) is 4.98 Å². The van der Waals surface area contributed by atoms with Gasteiger partial charge in [0.2, 0.25) is 0 Å². The lowest BCUT2D eigenvalue weighted by Gasteiger charge is -2.53. The monoisotopic (exact) mass is 580 g/mol. The number of hydrogen-bond acceptors (Lipinski definition) is 5. The lowest BCUT2D eigenvalue weighted by molar-refractivity contribution is -0.136. The van der Waals surface area contributed by atoms with Gasteiger partial charge in [0, 0.05) is 53.7 Å². The van der Waals surface area contributed by atoms with E-state index in [1.165, 1.54) is 23.0 Å². The van der Waals surface area contributed by atoms with Gasteiger partial charge in [-0.05, 0) is 37.5 Å². The third-order valence-corrected chi connectivity index (χ3v) is 10.2. The third kappa shape index (κ3) is 5.28. The molecule has 2 aromatic carbocycles. The molecule has 10 heteroatoms. The van der Waals surface area contributed by atoms with Crippen LogP contribution in [0.25, 0.3) is 11.3 Å². The molecular weight excluding hydrogens is 546 g/mol. The van der Waals surface area contributed by atoms with Crippen LogP contribution in [0.5, 0.6) is 0 Å². The van der Waals surface area contributed by atoms with Crippen molar-refractivity contribution in [3.05, 3.63) is 88.5 Å². The van der Waals surface area contributed by atoms with E-state index in [1.807, 2.05) is 30.3 Å². The molecule has 0 radical (unpaired) electrons. The van der Waals surface area contributed by atoms with Gasteiger partial charge in [-0.1, -0.05) is 43.2 Å².